The van der Waals surface area contributed by atoms with Gasteiger partial charge >= 0.3 is 0 Å². The number of hydrogen-bond donors (Lipinski definition) is 1. The maximum Gasteiger partial charge on any atom is 0.294 e. The lowest BCUT2D eigenvalue weighted by Crippen LogP contribution is -2.45. The number of anilines is 2. The molecule has 8 heteroatoms. The van der Waals surface area contributed by atoms with Gasteiger partial charge in [0.1, 0.15) is 12.4 Å². The quantitative estimate of drug-likeness (QED) is 0.531. The van der Waals surface area contributed by atoms with Crippen molar-refractivity contribution in [3.63, 3.8) is 0 Å². The van der Waals surface area contributed by atoms with Crippen LogP contribution in [0.4, 0.5) is 20.6 Å². The van der Waals surface area contributed by atoms with Crippen molar-refractivity contribution < 1.29 is 18.8 Å². The number of hydrogen-bond acceptors (Lipinski definition) is 5. The number of allylic oxidation sites excluding steroid dienone is 1. The van der Waals surface area contributed by atoms with Gasteiger partial charge in [-0.1, -0.05) is 24.3 Å². The Bertz CT molecular complexity index is 1300. The highest BCUT2D eigenvalue weighted by atomic mass is 32.2. The van der Waals surface area contributed by atoms with Gasteiger partial charge in [-0.25, -0.2) is 4.39 Å². The second-order valence-corrected chi connectivity index (χ2v) is 10.2. The van der Waals surface area contributed by atoms with Crippen LogP contribution in [0.5, 0.6) is 0 Å². The van der Waals surface area contributed by atoms with Crippen LogP contribution in [0.25, 0.3) is 11.6 Å². The van der Waals surface area contributed by atoms with Crippen molar-refractivity contribution in [3.8, 4) is 0 Å². The number of nitrogens with one attached hydrogen (secondary N) is 1. The summed E-state index contributed by atoms with van der Waals surface area (Å²) in [5.74, 6) is -1.57. The van der Waals surface area contributed by atoms with Gasteiger partial charge in [0.2, 0.25) is 5.91 Å². The third-order valence-corrected chi connectivity index (χ3v) is 7.20. The Balaban J connectivity index is 1.58. The van der Waals surface area contributed by atoms with Crippen LogP contribution in [0.1, 0.15) is 44.4 Å². The highest BCUT2D eigenvalue weighted by molar-refractivity contribution is 8.18. The summed E-state index contributed by atoms with van der Waals surface area (Å²) in [5, 5.41) is 2.16. The van der Waals surface area contributed by atoms with Gasteiger partial charge < -0.3 is 10.2 Å². The van der Waals surface area contributed by atoms with Gasteiger partial charge in [0.05, 0.1) is 10.4 Å². The van der Waals surface area contributed by atoms with Crippen LogP contribution in [-0.4, -0.2) is 40.6 Å². The number of carbonyl (C=O) groups is 3. The Morgan fingerprint density at radius 3 is 2.57 bits per heavy atom. The second kappa shape index (κ2) is 9.34. The van der Waals surface area contributed by atoms with Crippen molar-refractivity contribution in [3.05, 3.63) is 69.9 Å². The van der Waals surface area contributed by atoms with Gasteiger partial charge in [-0.15, -0.1) is 0 Å². The molecule has 2 aliphatic rings. The number of fused-ring (bicyclic) bond motifs is 1. The second-order valence-electron chi connectivity index (χ2n) is 9.25. The van der Waals surface area contributed by atoms with Crippen LogP contribution in [0.2, 0.25) is 0 Å². The predicted octanol–water partition coefficient (Wildman–Crippen LogP) is 5.83. The molecule has 0 aliphatic carbocycles. The zero-order valence-electron chi connectivity index (χ0n) is 20.4. The largest absolute Gasteiger partial charge is 0.363 e. The average Bonchev–Trinajstić information content (AvgIpc) is 3.03. The third-order valence-electron chi connectivity index (χ3n) is 6.29. The molecule has 2 aromatic rings. The summed E-state index contributed by atoms with van der Waals surface area (Å²) in [5.41, 5.74) is 4.16. The molecule has 6 nitrogen and oxygen atoms in total. The number of halogens is 1. The third kappa shape index (κ3) is 4.75. The monoisotopic (exact) mass is 493 g/mol. The van der Waals surface area contributed by atoms with Crippen LogP contribution in [0, 0.1) is 12.7 Å². The normalized spacial score (nSPS) is 18.1. The summed E-state index contributed by atoms with van der Waals surface area (Å²) in [6.45, 7) is 10.3. The van der Waals surface area contributed by atoms with Crippen molar-refractivity contribution in [2.24, 2.45) is 0 Å². The van der Waals surface area contributed by atoms with E-state index >= 15 is 4.39 Å². The van der Waals surface area contributed by atoms with Gasteiger partial charge in [-0.3, -0.25) is 19.3 Å². The first-order valence-electron chi connectivity index (χ1n) is 11.4. The molecule has 1 N–H and O–H groups in total. The highest BCUT2D eigenvalue weighted by Crippen LogP contribution is 2.41. The predicted molar refractivity (Wildman–Crippen MR) is 140 cm³/mol. The van der Waals surface area contributed by atoms with Crippen LogP contribution in [-0.2, 0) is 9.59 Å². The van der Waals surface area contributed by atoms with Crippen molar-refractivity contribution >= 4 is 51.8 Å². The summed E-state index contributed by atoms with van der Waals surface area (Å²) >= 11 is 0.707. The van der Waals surface area contributed by atoms with Gasteiger partial charge in [0.25, 0.3) is 11.1 Å². The maximum atomic E-state index is 15.2. The van der Waals surface area contributed by atoms with E-state index in [1.807, 2.05) is 32.9 Å². The van der Waals surface area contributed by atoms with Crippen molar-refractivity contribution in [2.45, 2.75) is 40.2 Å². The molecule has 35 heavy (non-hydrogen) atoms. The zero-order chi connectivity index (χ0) is 25.5. The number of amides is 3. The summed E-state index contributed by atoms with van der Waals surface area (Å²) in [6, 6.07) is 10.4. The molecule has 2 aliphatic heterocycles. The Kier molecular flexibility index (Phi) is 6.60. The van der Waals surface area contributed by atoms with E-state index in [1.54, 1.807) is 18.2 Å². The molecular weight excluding hydrogens is 465 g/mol. The summed E-state index contributed by atoms with van der Waals surface area (Å²) in [6.07, 6.45) is 3.53. The average molecular weight is 494 g/mol. The minimum Gasteiger partial charge on any atom is -0.363 e. The molecule has 0 unspecified atom stereocenters. The van der Waals surface area contributed by atoms with Crippen molar-refractivity contribution in [1.82, 2.24) is 4.90 Å². The van der Waals surface area contributed by atoms with Crippen LogP contribution in [0.15, 0.2) is 47.4 Å². The molecule has 4 rings (SSSR count). The first-order valence-corrected chi connectivity index (χ1v) is 12.3. The maximum absolute atomic E-state index is 15.2. The minimum absolute atomic E-state index is 0.0858. The van der Waals surface area contributed by atoms with E-state index in [0.29, 0.717) is 24.0 Å². The lowest BCUT2D eigenvalue weighted by atomic mass is 9.88. The standard InChI is InChI=1S/C27H28FN3O3S/c1-6-31-22-13-20(28)18(11-19(22)17(3)14-27(31,4)5)12-23-25(33)30(26(34)35-23)15-24(32)29-21-10-8-7-9-16(21)2/h7-14H,6,15H2,1-5H3,(H,29,32)/b23-12+. The van der Waals surface area contributed by atoms with Crippen molar-refractivity contribution in [2.75, 3.05) is 23.3 Å². The number of rotatable bonds is 5. The minimum atomic E-state index is -0.611. The number of imide groups is 1. The molecule has 2 aromatic carbocycles. The van der Waals surface area contributed by atoms with Crippen molar-refractivity contribution in [1.29, 1.82) is 0 Å². The van der Waals surface area contributed by atoms with Gasteiger partial charge in [-0.2, -0.15) is 0 Å². The van der Waals surface area contributed by atoms with E-state index in [9.17, 15) is 14.4 Å². The Hall–Kier alpha value is -3.39. The van der Waals surface area contributed by atoms with E-state index in [2.05, 4.69) is 30.1 Å². The van der Waals surface area contributed by atoms with E-state index in [-0.39, 0.29) is 16.0 Å². The van der Waals surface area contributed by atoms with E-state index in [0.717, 1.165) is 27.3 Å². The molecule has 0 spiro atoms. The molecule has 1 fully saturated rings. The highest BCUT2D eigenvalue weighted by Gasteiger charge is 2.37. The molecule has 3 amide bonds. The van der Waals surface area contributed by atoms with E-state index in [4.69, 9.17) is 0 Å². The zero-order valence-corrected chi connectivity index (χ0v) is 21.3. The lowest BCUT2D eigenvalue weighted by molar-refractivity contribution is -0.127. The number of carbonyl (C=O) groups excluding carboxylic acids is 3. The molecular formula is C27H28FN3O3S. The molecule has 2 heterocycles. The van der Waals surface area contributed by atoms with Crippen LogP contribution >= 0.6 is 11.8 Å². The van der Waals surface area contributed by atoms with Gasteiger partial charge in [0, 0.05) is 29.0 Å². The Morgan fingerprint density at radius 1 is 1.17 bits per heavy atom. The summed E-state index contributed by atoms with van der Waals surface area (Å²) in [7, 11) is 0. The molecule has 0 saturated carbocycles. The number of aryl methyl sites for hydroxylation is 1. The first kappa shape index (κ1) is 24.7. The summed E-state index contributed by atoms with van der Waals surface area (Å²) in [4.78, 5) is 41.0. The number of likely N-dealkylation sites (N-methyl/N-ethyl adjacent to an activating group) is 1. The molecule has 0 atom stereocenters. The van der Waals surface area contributed by atoms with E-state index in [1.165, 1.54) is 12.1 Å². The Labute approximate surface area is 208 Å². The molecule has 1 saturated heterocycles. The summed E-state index contributed by atoms with van der Waals surface area (Å²) < 4.78 is 15.2. The van der Waals surface area contributed by atoms with Gasteiger partial charge in [0.15, 0.2) is 0 Å². The number of para-hydroxylation sites is 1. The first-order chi connectivity index (χ1) is 16.5. The van der Waals surface area contributed by atoms with Crippen LogP contribution < -0.4 is 10.2 Å². The topological polar surface area (TPSA) is 69.7 Å². The molecule has 0 bridgehead atoms. The molecule has 0 radical (unpaired) electrons. The fourth-order valence-corrected chi connectivity index (χ4v) is 5.46. The smallest absolute Gasteiger partial charge is 0.294 e. The van der Waals surface area contributed by atoms with Gasteiger partial charge in [-0.05, 0) is 81.8 Å². The number of nitrogens with zero attached hydrogens (tertiary/aromatic N) is 2. The lowest BCUT2D eigenvalue weighted by Gasteiger charge is -2.42. The number of benzene rings is 2. The van der Waals surface area contributed by atoms with Crippen LogP contribution in [0.3, 0.4) is 0 Å². The molecule has 182 valence electrons. The fourth-order valence-electron chi connectivity index (χ4n) is 4.63. The van der Waals surface area contributed by atoms with E-state index < -0.39 is 29.4 Å². The Morgan fingerprint density at radius 2 is 1.89 bits per heavy atom. The fraction of sp³-hybridized carbons (Fsp3) is 0.296. The SMILES string of the molecule is CCN1c2cc(F)c(/C=C3/SC(=O)N(CC(=O)Nc4ccccc4C)C3=O)cc2C(C)=CC1(C)C. The number of thioether (sulfide) groups is 1. The molecule has 0 aromatic heterocycles.